The minimum absolute atomic E-state index is 0.0434. The third-order valence-corrected chi connectivity index (χ3v) is 5.00. The van der Waals surface area contributed by atoms with Gasteiger partial charge < -0.3 is 14.6 Å². The summed E-state index contributed by atoms with van der Waals surface area (Å²) in [5.74, 6) is -0.472. The predicted molar refractivity (Wildman–Crippen MR) is 108 cm³/mol. The van der Waals surface area contributed by atoms with Crippen LogP contribution in [-0.2, 0) is 11.3 Å². The molecule has 6 nitrogen and oxygen atoms in total. The Morgan fingerprint density at radius 2 is 1.70 bits per heavy atom. The molecule has 2 aromatic rings. The van der Waals surface area contributed by atoms with Crippen LogP contribution >= 0.6 is 0 Å². The molecule has 1 aromatic carbocycles. The van der Waals surface area contributed by atoms with Crippen LogP contribution in [0, 0.1) is 13.8 Å². The summed E-state index contributed by atoms with van der Waals surface area (Å²) in [4.78, 5) is 32.0. The van der Waals surface area contributed by atoms with Crippen LogP contribution in [0.1, 0.15) is 44.6 Å². The molecule has 0 saturated carbocycles. The lowest BCUT2D eigenvalue weighted by Crippen LogP contribution is -2.36. The molecule has 0 unspecified atom stereocenters. The van der Waals surface area contributed by atoms with Crippen LogP contribution in [0.5, 0.6) is 0 Å². The van der Waals surface area contributed by atoms with E-state index in [1.165, 1.54) is 7.11 Å². The maximum atomic E-state index is 13.0. The lowest BCUT2D eigenvalue weighted by Gasteiger charge is -2.24. The molecule has 0 saturated heterocycles. The Morgan fingerprint density at radius 3 is 2.22 bits per heavy atom. The lowest BCUT2D eigenvalue weighted by molar-refractivity contribution is 0.0599. The summed E-state index contributed by atoms with van der Waals surface area (Å²) < 4.78 is 4.82. The summed E-state index contributed by atoms with van der Waals surface area (Å²) in [7, 11) is 7.28. The van der Waals surface area contributed by atoms with E-state index < -0.39 is 5.97 Å². The van der Waals surface area contributed by atoms with Gasteiger partial charge in [-0.25, -0.2) is 4.79 Å². The maximum Gasteiger partial charge on any atom is 0.339 e. The number of esters is 1. The Hall–Kier alpha value is -2.60. The molecule has 1 heterocycles. The van der Waals surface area contributed by atoms with Crippen molar-refractivity contribution in [1.29, 1.82) is 0 Å². The Labute approximate surface area is 161 Å². The number of benzene rings is 1. The Bertz CT molecular complexity index is 822. The van der Waals surface area contributed by atoms with Crippen molar-refractivity contribution in [3.63, 3.8) is 0 Å². The topological polar surface area (TPSA) is 65.6 Å². The molecule has 6 heteroatoms. The number of nitrogens with zero attached hydrogens (tertiary/aromatic N) is 2. The van der Waals surface area contributed by atoms with Crippen LogP contribution in [0.25, 0.3) is 0 Å². The first-order valence-electron chi connectivity index (χ1n) is 8.95. The average molecular weight is 371 g/mol. The van der Waals surface area contributed by atoms with Crippen LogP contribution in [0.15, 0.2) is 24.3 Å². The number of nitrogens with one attached hydrogen (secondary N) is 1. The minimum Gasteiger partial charge on any atom is -0.465 e. The van der Waals surface area contributed by atoms with Gasteiger partial charge in [0.25, 0.3) is 0 Å². The van der Waals surface area contributed by atoms with Crippen LogP contribution < -0.4 is 4.90 Å². The van der Waals surface area contributed by atoms with E-state index >= 15 is 0 Å². The molecule has 0 aliphatic rings. The zero-order valence-electron chi connectivity index (χ0n) is 17.2. The number of hydrogen-bond donors (Lipinski definition) is 1. The number of carbonyl (C=O) groups is 2. The first kappa shape index (κ1) is 20.7. The van der Waals surface area contributed by atoms with Gasteiger partial charge in [-0.1, -0.05) is 12.1 Å². The molecule has 1 N–H and O–H groups in total. The Morgan fingerprint density at radius 1 is 1.11 bits per heavy atom. The predicted octanol–water partition coefficient (Wildman–Crippen LogP) is 3.19. The molecule has 1 atom stereocenters. The van der Waals surface area contributed by atoms with E-state index in [0.29, 0.717) is 29.1 Å². The highest BCUT2D eigenvalue weighted by Gasteiger charge is 2.27. The van der Waals surface area contributed by atoms with E-state index in [1.54, 1.807) is 13.8 Å². The second kappa shape index (κ2) is 8.39. The van der Waals surface area contributed by atoms with Gasteiger partial charge >= 0.3 is 5.97 Å². The molecule has 0 aliphatic heterocycles. The second-order valence-electron chi connectivity index (χ2n) is 7.13. The van der Waals surface area contributed by atoms with Gasteiger partial charge in [0.1, 0.15) is 0 Å². The quantitative estimate of drug-likeness (QED) is 0.598. The monoisotopic (exact) mass is 371 g/mol. The molecule has 1 aromatic heterocycles. The van der Waals surface area contributed by atoms with Crippen molar-refractivity contribution in [3.8, 4) is 0 Å². The van der Waals surface area contributed by atoms with Crippen LogP contribution in [0.3, 0.4) is 0 Å². The van der Waals surface area contributed by atoms with Gasteiger partial charge in [-0.2, -0.15) is 0 Å². The normalized spacial score (nSPS) is 12.1. The number of anilines is 1. The summed E-state index contributed by atoms with van der Waals surface area (Å²) in [6.45, 7) is 6.08. The van der Waals surface area contributed by atoms with Gasteiger partial charge in [0.05, 0.1) is 24.4 Å². The van der Waals surface area contributed by atoms with Crippen LogP contribution in [0.2, 0.25) is 0 Å². The molecular weight excluding hydrogens is 342 g/mol. The Kier molecular flexibility index (Phi) is 6.44. The summed E-state index contributed by atoms with van der Waals surface area (Å²) >= 11 is 0. The summed E-state index contributed by atoms with van der Waals surface area (Å²) in [5.41, 5.74) is 4.47. The standard InChI is InChI=1S/C21H29N3O3/c1-13-18(21(26)27-7)14(2)22-19(13)20(25)15(3)24(6)12-16-8-10-17(11-9-16)23(4)5/h8-11,15,22H,12H2,1-7H3/t15-/m1/s1. The number of Topliss-reactive ketones (excluding diaryl/α,β-unsaturated/α-hetero) is 1. The number of aromatic nitrogens is 1. The van der Waals surface area contributed by atoms with Gasteiger partial charge in [0, 0.05) is 32.0 Å². The highest BCUT2D eigenvalue weighted by atomic mass is 16.5. The number of hydrogen-bond acceptors (Lipinski definition) is 5. The minimum atomic E-state index is -0.428. The molecular formula is C21H29N3O3. The molecule has 0 fully saturated rings. The first-order chi connectivity index (χ1) is 12.7. The molecule has 2 rings (SSSR count). The number of methoxy groups -OCH3 is 1. The van der Waals surface area contributed by atoms with E-state index in [4.69, 9.17) is 4.74 Å². The summed E-state index contributed by atoms with van der Waals surface area (Å²) in [6.07, 6.45) is 0. The van der Waals surface area contributed by atoms with Crippen molar-refractivity contribution in [2.24, 2.45) is 0 Å². The van der Waals surface area contributed by atoms with Crippen molar-refractivity contribution < 1.29 is 14.3 Å². The van der Waals surface area contributed by atoms with Gasteiger partial charge in [-0.05, 0) is 51.1 Å². The van der Waals surface area contributed by atoms with E-state index in [0.717, 1.165) is 11.3 Å². The van der Waals surface area contributed by atoms with E-state index in [1.807, 2.05) is 33.0 Å². The van der Waals surface area contributed by atoms with Gasteiger partial charge in [0.2, 0.25) is 0 Å². The number of aromatic amines is 1. The highest BCUT2D eigenvalue weighted by molar-refractivity contribution is 6.03. The third kappa shape index (κ3) is 4.39. The van der Waals surface area contributed by atoms with Crippen molar-refractivity contribution in [1.82, 2.24) is 9.88 Å². The number of ether oxygens (including phenoxy) is 1. The van der Waals surface area contributed by atoms with Crippen LogP contribution in [0.4, 0.5) is 5.69 Å². The fraction of sp³-hybridized carbons (Fsp3) is 0.429. The largest absolute Gasteiger partial charge is 0.465 e. The molecule has 27 heavy (non-hydrogen) atoms. The molecule has 0 spiro atoms. The Balaban J connectivity index is 2.15. The van der Waals surface area contributed by atoms with Crippen molar-refractivity contribution in [3.05, 3.63) is 52.3 Å². The molecule has 0 amide bonds. The highest BCUT2D eigenvalue weighted by Crippen LogP contribution is 2.22. The fourth-order valence-electron chi connectivity index (χ4n) is 3.14. The lowest BCUT2D eigenvalue weighted by atomic mass is 10.0. The van der Waals surface area contributed by atoms with E-state index in [9.17, 15) is 9.59 Å². The van der Waals surface area contributed by atoms with E-state index in [-0.39, 0.29) is 11.8 Å². The number of likely N-dealkylation sites (N-methyl/N-ethyl adjacent to an activating group) is 1. The fourth-order valence-corrected chi connectivity index (χ4v) is 3.14. The van der Waals surface area contributed by atoms with Crippen molar-refractivity contribution in [2.75, 3.05) is 33.2 Å². The zero-order valence-corrected chi connectivity index (χ0v) is 17.2. The van der Waals surface area contributed by atoms with Crippen LogP contribution in [-0.4, -0.2) is 55.9 Å². The summed E-state index contributed by atoms with van der Waals surface area (Å²) in [5, 5.41) is 0. The third-order valence-electron chi connectivity index (χ3n) is 5.00. The molecule has 0 radical (unpaired) electrons. The number of aryl methyl sites for hydroxylation is 1. The van der Waals surface area contributed by atoms with E-state index in [2.05, 4.69) is 34.1 Å². The SMILES string of the molecule is COC(=O)c1c(C)[nH]c(C(=O)[C@@H](C)N(C)Cc2ccc(N(C)C)cc2)c1C. The van der Waals surface area contributed by atoms with Crippen molar-refractivity contribution >= 4 is 17.4 Å². The number of H-pyrrole nitrogens is 1. The molecule has 0 bridgehead atoms. The number of rotatable bonds is 7. The maximum absolute atomic E-state index is 13.0. The molecule has 146 valence electrons. The average Bonchev–Trinajstić information content (AvgIpc) is 2.94. The molecule has 0 aliphatic carbocycles. The summed E-state index contributed by atoms with van der Waals surface area (Å²) in [6, 6.07) is 7.94. The van der Waals surface area contributed by atoms with Gasteiger partial charge in [-0.15, -0.1) is 0 Å². The number of ketones is 1. The second-order valence-corrected chi connectivity index (χ2v) is 7.13. The smallest absolute Gasteiger partial charge is 0.339 e. The van der Waals surface area contributed by atoms with Crippen molar-refractivity contribution in [2.45, 2.75) is 33.4 Å². The number of carbonyl (C=O) groups excluding carboxylic acids is 2. The first-order valence-corrected chi connectivity index (χ1v) is 8.95. The zero-order chi connectivity index (χ0) is 20.3. The van der Waals surface area contributed by atoms with Gasteiger partial charge in [0.15, 0.2) is 5.78 Å². The van der Waals surface area contributed by atoms with Gasteiger partial charge in [-0.3, -0.25) is 9.69 Å².